The summed E-state index contributed by atoms with van der Waals surface area (Å²) in [6.45, 7) is 0.718. The SMILES string of the molecule is NNc1cc(NCc2cncs2)nc(C2CC2)n1. The molecule has 2 aromatic heterocycles. The molecule has 0 saturated heterocycles. The summed E-state index contributed by atoms with van der Waals surface area (Å²) >= 11 is 1.62. The summed E-state index contributed by atoms with van der Waals surface area (Å²) in [5.74, 6) is 8.25. The number of aromatic nitrogens is 3. The third kappa shape index (κ3) is 2.57. The number of nitrogen functional groups attached to an aromatic ring is 1. The number of thiazole rings is 1. The number of nitrogens with two attached hydrogens (primary N) is 1. The van der Waals surface area contributed by atoms with Gasteiger partial charge < -0.3 is 10.7 Å². The molecule has 18 heavy (non-hydrogen) atoms. The number of anilines is 2. The fourth-order valence-corrected chi connectivity index (χ4v) is 2.20. The molecule has 1 aliphatic rings. The molecule has 6 nitrogen and oxygen atoms in total. The summed E-state index contributed by atoms with van der Waals surface area (Å²) in [6, 6.07) is 1.81. The van der Waals surface area contributed by atoms with E-state index >= 15 is 0 Å². The molecule has 1 aliphatic carbocycles. The lowest BCUT2D eigenvalue weighted by atomic mass is 10.3. The van der Waals surface area contributed by atoms with Crippen molar-refractivity contribution in [3.05, 3.63) is 28.5 Å². The van der Waals surface area contributed by atoms with Crippen molar-refractivity contribution in [1.29, 1.82) is 0 Å². The smallest absolute Gasteiger partial charge is 0.145 e. The van der Waals surface area contributed by atoms with Crippen molar-refractivity contribution in [2.75, 3.05) is 10.7 Å². The Morgan fingerprint density at radius 2 is 2.17 bits per heavy atom. The highest BCUT2D eigenvalue weighted by Crippen LogP contribution is 2.38. The van der Waals surface area contributed by atoms with Crippen molar-refractivity contribution in [3.8, 4) is 0 Å². The van der Waals surface area contributed by atoms with Gasteiger partial charge in [-0.25, -0.2) is 15.8 Å². The first-order valence-electron chi connectivity index (χ1n) is 5.82. The van der Waals surface area contributed by atoms with E-state index in [0.717, 1.165) is 18.2 Å². The summed E-state index contributed by atoms with van der Waals surface area (Å²) in [7, 11) is 0. The van der Waals surface area contributed by atoms with Gasteiger partial charge in [-0.05, 0) is 12.8 Å². The molecule has 0 aliphatic heterocycles. The lowest BCUT2D eigenvalue weighted by Crippen LogP contribution is -2.12. The Hall–Kier alpha value is -1.73. The van der Waals surface area contributed by atoms with Crippen LogP contribution in [0.5, 0.6) is 0 Å². The highest BCUT2D eigenvalue weighted by Gasteiger charge is 2.27. The topological polar surface area (TPSA) is 88.8 Å². The van der Waals surface area contributed by atoms with E-state index in [1.807, 2.05) is 17.8 Å². The lowest BCUT2D eigenvalue weighted by Gasteiger charge is -2.08. The van der Waals surface area contributed by atoms with Gasteiger partial charge in [0.05, 0.1) is 12.1 Å². The van der Waals surface area contributed by atoms with E-state index in [9.17, 15) is 0 Å². The minimum atomic E-state index is 0.502. The van der Waals surface area contributed by atoms with Crippen molar-refractivity contribution in [2.45, 2.75) is 25.3 Å². The van der Waals surface area contributed by atoms with E-state index in [0.29, 0.717) is 11.7 Å². The second kappa shape index (κ2) is 4.87. The van der Waals surface area contributed by atoms with Crippen molar-refractivity contribution < 1.29 is 0 Å². The van der Waals surface area contributed by atoms with Crippen LogP contribution in [0.3, 0.4) is 0 Å². The molecule has 0 spiro atoms. The Morgan fingerprint density at radius 1 is 1.33 bits per heavy atom. The summed E-state index contributed by atoms with van der Waals surface area (Å²) in [5.41, 5.74) is 4.40. The quantitative estimate of drug-likeness (QED) is 0.561. The fraction of sp³-hybridized carbons (Fsp3) is 0.364. The molecular formula is C11H14N6S. The van der Waals surface area contributed by atoms with E-state index in [2.05, 4.69) is 25.7 Å². The van der Waals surface area contributed by atoms with Crippen LogP contribution in [0, 0.1) is 0 Å². The van der Waals surface area contributed by atoms with Crippen LogP contribution in [0.25, 0.3) is 0 Å². The molecule has 0 bridgehead atoms. The summed E-state index contributed by atoms with van der Waals surface area (Å²) in [4.78, 5) is 14.1. The molecule has 0 radical (unpaired) electrons. The van der Waals surface area contributed by atoms with E-state index in [1.54, 1.807) is 11.3 Å². The average molecular weight is 262 g/mol. The van der Waals surface area contributed by atoms with Crippen molar-refractivity contribution in [3.63, 3.8) is 0 Å². The third-order valence-corrected chi connectivity index (χ3v) is 3.54. The molecule has 7 heteroatoms. The Bertz CT molecular complexity index is 522. The first-order valence-corrected chi connectivity index (χ1v) is 6.70. The largest absolute Gasteiger partial charge is 0.365 e. The van der Waals surface area contributed by atoms with E-state index in [4.69, 9.17) is 5.84 Å². The van der Waals surface area contributed by atoms with E-state index in [1.165, 1.54) is 17.7 Å². The van der Waals surface area contributed by atoms with Gasteiger partial charge in [-0.3, -0.25) is 4.98 Å². The Morgan fingerprint density at radius 3 is 2.83 bits per heavy atom. The molecule has 0 unspecified atom stereocenters. The van der Waals surface area contributed by atoms with Gasteiger partial charge in [0, 0.05) is 23.1 Å². The van der Waals surface area contributed by atoms with Gasteiger partial charge in [0.25, 0.3) is 0 Å². The van der Waals surface area contributed by atoms with E-state index in [-0.39, 0.29) is 0 Å². The number of nitrogens with one attached hydrogen (secondary N) is 2. The van der Waals surface area contributed by atoms with E-state index < -0.39 is 0 Å². The Labute approximate surface area is 109 Å². The van der Waals surface area contributed by atoms with Crippen LogP contribution in [0.4, 0.5) is 11.6 Å². The second-order valence-corrected chi connectivity index (χ2v) is 5.21. The highest BCUT2D eigenvalue weighted by atomic mass is 32.1. The number of nitrogens with zero attached hydrogens (tertiary/aromatic N) is 3. The molecule has 0 amide bonds. The standard InChI is InChI=1S/C11H14N6S/c12-17-10-3-9(14-5-8-4-13-6-18-8)15-11(16-10)7-1-2-7/h3-4,6-7H,1-2,5,12H2,(H2,14,15,16,17). The van der Waals surface area contributed by atoms with Crippen LogP contribution in [0.2, 0.25) is 0 Å². The van der Waals surface area contributed by atoms with Crippen LogP contribution in [0.1, 0.15) is 29.5 Å². The Kier molecular flexibility index (Phi) is 3.07. The van der Waals surface area contributed by atoms with Gasteiger partial charge in [-0.2, -0.15) is 0 Å². The van der Waals surface area contributed by atoms with Gasteiger partial charge in [-0.15, -0.1) is 11.3 Å². The second-order valence-electron chi connectivity index (χ2n) is 4.24. The molecule has 94 valence electrons. The first kappa shape index (κ1) is 11.4. The predicted octanol–water partition coefficient (Wildman–Crippen LogP) is 1.71. The molecule has 4 N–H and O–H groups in total. The zero-order valence-corrected chi connectivity index (χ0v) is 10.6. The van der Waals surface area contributed by atoms with Crippen LogP contribution >= 0.6 is 11.3 Å². The normalized spacial score (nSPS) is 14.5. The zero-order valence-electron chi connectivity index (χ0n) is 9.76. The molecule has 1 fully saturated rings. The maximum atomic E-state index is 5.42. The first-order chi connectivity index (χ1) is 8.85. The molecule has 0 atom stereocenters. The average Bonchev–Trinajstić information content (AvgIpc) is 3.13. The molecule has 1 saturated carbocycles. The molecule has 3 rings (SSSR count). The van der Waals surface area contributed by atoms with Gasteiger partial charge in [-0.1, -0.05) is 0 Å². The van der Waals surface area contributed by atoms with Crippen molar-refractivity contribution >= 4 is 23.0 Å². The fourth-order valence-electron chi connectivity index (χ4n) is 1.66. The third-order valence-electron chi connectivity index (χ3n) is 2.76. The zero-order chi connectivity index (χ0) is 12.4. The summed E-state index contributed by atoms with van der Waals surface area (Å²) in [5, 5.41) is 3.27. The Balaban J connectivity index is 1.75. The molecule has 2 aromatic rings. The number of hydrazine groups is 1. The number of rotatable bonds is 5. The predicted molar refractivity (Wildman–Crippen MR) is 71.3 cm³/mol. The van der Waals surface area contributed by atoms with Crippen LogP contribution in [0.15, 0.2) is 17.8 Å². The van der Waals surface area contributed by atoms with Crippen LogP contribution in [-0.2, 0) is 6.54 Å². The van der Waals surface area contributed by atoms with Gasteiger partial charge in [0.15, 0.2) is 0 Å². The van der Waals surface area contributed by atoms with Gasteiger partial charge >= 0.3 is 0 Å². The van der Waals surface area contributed by atoms with Crippen molar-refractivity contribution in [2.24, 2.45) is 5.84 Å². The number of hydrogen-bond donors (Lipinski definition) is 3. The molecular weight excluding hydrogens is 248 g/mol. The van der Waals surface area contributed by atoms with Gasteiger partial charge in [0.2, 0.25) is 0 Å². The minimum Gasteiger partial charge on any atom is -0.365 e. The maximum Gasteiger partial charge on any atom is 0.145 e. The number of hydrogen-bond acceptors (Lipinski definition) is 7. The summed E-state index contributed by atoms with van der Waals surface area (Å²) in [6.07, 6.45) is 4.19. The maximum absolute atomic E-state index is 5.42. The lowest BCUT2D eigenvalue weighted by molar-refractivity contribution is 0.921. The van der Waals surface area contributed by atoms with Crippen LogP contribution < -0.4 is 16.6 Å². The molecule has 0 aromatic carbocycles. The monoisotopic (exact) mass is 262 g/mol. The van der Waals surface area contributed by atoms with Gasteiger partial charge in [0.1, 0.15) is 17.5 Å². The van der Waals surface area contributed by atoms with Crippen LogP contribution in [-0.4, -0.2) is 15.0 Å². The minimum absolute atomic E-state index is 0.502. The molecule has 2 heterocycles. The highest BCUT2D eigenvalue weighted by molar-refractivity contribution is 7.09. The van der Waals surface area contributed by atoms with Crippen molar-refractivity contribution in [1.82, 2.24) is 15.0 Å². The summed E-state index contributed by atoms with van der Waals surface area (Å²) < 4.78 is 0.